The minimum atomic E-state index is -4.49. The van der Waals surface area contributed by atoms with Crippen LogP contribution in [-0.2, 0) is 10.9 Å². The molecular weight excluding hydrogens is 388 g/mol. The van der Waals surface area contributed by atoms with Crippen molar-refractivity contribution in [2.24, 2.45) is 0 Å². The Morgan fingerprint density at radius 1 is 1.21 bits per heavy atom. The summed E-state index contributed by atoms with van der Waals surface area (Å²) >= 11 is 0. The molecule has 2 atom stereocenters. The Bertz CT molecular complexity index is 885. The van der Waals surface area contributed by atoms with E-state index in [1.54, 1.807) is 0 Å². The third kappa shape index (κ3) is 3.91. The highest BCUT2D eigenvalue weighted by Crippen LogP contribution is 2.40. The smallest absolute Gasteiger partial charge is 0.416 e. The molecule has 0 aliphatic carbocycles. The molecule has 2 aromatic rings. The predicted molar refractivity (Wildman–Crippen MR) is 102 cm³/mol. The number of nitrogens with zero attached hydrogens (tertiary/aromatic N) is 1. The number of benzene rings is 2. The predicted octanol–water partition coefficient (Wildman–Crippen LogP) is 4.09. The summed E-state index contributed by atoms with van der Waals surface area (Å²) in [7, 11) is 1.48. The van der Waals surface area contributed by atoms with E-state index in [1.807, 2.05) is 0 Å². The maximum absolute atomic E-state index is 15.1. The van der Waals surface area contributed by atoms with Crippen LogP contribution >= 0.6 is 0 Å². The molecule has 8 heteroatoms. The van der Waals surface area contributed by atoms with E-state index in [4.69, 9.17) is 9.47 Å². The lowest BCUT2D eigenvalue weighted by atomic mass is 9.97. The van der Waals surface area contributed by atoms with Crippen molar-refractivity contribution in [1.82, 2.24) is 5.32 Å². The van der Waals surface area contributed by atoms with Gasteiger partial charge in [0.25, 0.3) is 0 Å². The van der Waals surface area contributed by atoms with Gasteiger partial charge in [0.1, 0.15) is 11.6 Å². The van der Waals surface area contributed by atoms with Crippen molar-refractivity contribution in [2.45, 2.75) is 24.7 Å². The molecule has 2 aliphatic heterocycles. The molecule has 1 N–H and O–H groups in total. The summed E-state index contributed by atoms with van der Waals surface area (Å²) in [6, 6.07) is 7.60. The number of methoxy groups -OCH3 is 1. The van der Waals surface area contributed by atoms with Gasteiger partial charge in [0, 0.05) is 24.7 Å². The number of nitrogens with one attached hydrogen (secondary N) is 1. The van der Waals surface area contributed by atoms with Crippen molar-refractivity contribution in [3.05, 3.63) is 47.8 Å². The first-order chi connectivity index (χ1) is 13.9. The maximum atomic E-state index is 15.1. The molecule has 2 fully saturated rings. The number of alkyl halides is 3. The third-order valence-corrected chi connectivity index (χ3v) is 5.53. The summed E-state index contributed by atoms with van der Waals surface area (Å²) in [6.07, 6.45) is -3.63. The molecule has 2 heterocycles. The Hall–Kier alpha value is -2.32. The Labute approximate surface area is 166 Å². The number of hydrogen-bond donors (Lipinski definition) is 1. The fraction of sp³-hybridized carbons (Fsp3) is 0.429. The first-order valence-electron chi connectivity index (χ1n) is 9.52. The van der Waals surface area contributed by atoms with Gasteiger partial charge in [-0.1, -0.05) is 12.1 Å². The number of anilines is 1. The second-order valence-corrected chi connectivity index (χ2v) is 7.25. The topological polar surface area (TPSA) is 33.7 Å². The fourth-order valence-electron chi connectivity index (χ4n) is 4.13. The van der Waals surface area contributed by atoms with Gasteiger partial charge in [0.05, 0.1) is 37.1 Å². The Balaban J connectivity index is 1.73. The highest BCUT2D eigenvalue weighted by Gasteiger charge is 2.36. The molecule has 0 radical (unpaired) electrons. The highest BCUT2D eigenvalue weighted by molar-refractivity contribution is 5.73. The van der Waals surface area contributed by atoms with E-state index in [0.717, 1.165) is 31.6 Å². The minimum absolute atomic E-state index is 0.00779. The van der Waals surface area contributed by atoms with Gasteiger partial charge >= 0.3 is 6.18 Å². The maximum Gasteiger partial charge on any atom is 0.416 e. The van der Waals surface area contributed by atoms with Crippen molar-refractivity contribution >= 4 is 5.69 Å². The molecule has 0 saturated carbocycles. The lowest BCUT2D eigenvalue weighted by molar-refractivity contribution is -0.137. The van der Waals surface area contributed by atoms with E-state index in [1.165, 1.54) is 31.4 Å². The largest absolute Gasteiger partial charge is 0.495 e. The van der Waals surface area contributed by atoms with Crippen LogP contribution in [0.3, 0.4) is 0 Å². The van der Waals surface area contributed by atoms with E-state index in [0.29, 0.717) is 24.6 Å². The van der Waals surface area contributed by atoms with Crippen LogP contribution < -0.4 is 15.0 Å². The normalized spacial score (nSPS) is 22.3. The van der Waals surface area contributed by atoms with Gasteiger partial charge in [0.2, 0.25) is 0 Å². The third-order valence-electron chi connectivity index (χ3n) is 5.53. The summed E-state index contributed by atoms with van der Waals surface area (Å²) in [4.78, 5) is 2.09. The molecule has 0 spiro atoms. The summed E-state index contributed by atoms with van der Waals surface area (Å²) in [5.41, 5.74) is 0.0137. The first kappa shape index (κ1) is 20.0. The van der Waals surface area contributed by atoms with Crippen LogP contribution in [0.2, 0.25) is 0 Å². The van der Waals surface area contributed by atoms with Crippen LogP contribution in [-0.4, -0.2) is 45.5 Å². The van der Waals surface area contributed by atoms with Crippen molar-refractivity contribution in [3.8, 4) is 16.9 Å². The zero-order valence-corrected chi connectivity index (χ0v) is 15.9. The van der Waals surface area contributed by atoms with Gasteiger partial charge in [-0.25, -0.2) is 4.39 Å². The summed E-state index contributed by atoms with van der Waals surface area (Å²) in [5, 5.41) is 3.30. The van der Waals surface area contributed by atoms with Crippen LogP contribution in [0.25, 0.3) is 11.1 Å². The van der Waals surface area contributed by atoms with Crippen molar-refractivity contribution in [2.75, 3.05) is 38.3 Å². The van der Waals surface area contributed by atoms with Gasteiger partial charge in [-0.2, -0.15) is 13.2 Å². The molecule has 0 unspecified atom stereocenters. The number of fused-ring (bicyclic) bond motifs is 1. The Morgan fingerprint density at radius 3 is 2.79 bits per heavy atom. The lowest BCUT2D eigenvalue weighted by Crippen LogP contribution is -2.58. The van der Waals surface area contributed by atoms with Crippen LogP contribution in [0.5, 0.6) is 5.75 Å². The number of morpholine rings is 1. The second-order valence-electron chi connectivity index (χ2n) is 7.25. The molecule has 4 rings (SSSR count). The van der Waals surface area contributed by atoms with Gasteiger partial charge in [-0.05, 0) is 36.7 Å². The Morgan fingerprint density at radius 2 is 2.03 bits per heavy atom. The molecule has 0 bridgehead atoms. The zero-order chi connectivity index (χ0) is 20.6. The monoisotopic (exact) mass is 410 g/mol. The average Bonchev–Trinajstić information content (AvgIpc) is 2.72. The number of hydrogen-bond acceptors (Lipinski definition) is 4. The standard InChI is InChI=1S/C21H22F4N2O2/c1-28-19-10-15(13-3-2-4-14(9-13)21(23,24)25)16(22)11-18(19)27-7-8-29-20-12-26-6-5-17(20)27/h2-4,9-11,17,20,26H,5-8,12H2,1H3/t17-,20-/m1/s1. The second kappa shape index (κ2) is 7.84. The van der Waals surface area contributed by atoms with Crippen molar-refractivity contribution < 1.29 is 27.0 Å². The Kier molecular flexibility index (Phi) is 5.40. The van der Waals surface area contributed by atoms with Crippen LogP contribution in [0.1, 0.15) is 12.0 Å². The van der Waals surface area contributed by atoms with Gasteiger partial charge in [-0.3, -0.25) is 0 Å². The van der Waals surface area contributed by atoms with E-state index < -0.39 is 17.6 Å². The van der Waals surface area contributed by atoms with Gasteiger partial charge in [0.15, 0.2) is 0 Å². The van der Waals surface area contributed by atoms with Crippen molar-refractivity contribution in [1.29, 1.82) is 0 Å². The molecule has 2 saturated heterocycles. The SMILES string of the molecule is COc1cc(-c2cccc(C(F)(F)F)c2)c(F)cc1N1CCO[C@@H]2CNCC[C@H]21. The molecule has 29 heavy (non-hydrogen) atoms. The average molecular weight is 410 g/mol. The minimum Gasteiger partial charge on any atom is -0.495 e. The van der Waals surface area contributed by atoms with E-state index in [-0.39, 0.29) is 23.3 Å². The quantitative estimate of drug-likeness (QED) is 0.773. The van der Waals surface area contributed by atoms with Crippen molar-refractivity contribution in [3.63, 3.8) is 0 Å². The fourth-order valence-corrected chi connectivity index (χ4v) is 4.13. The molecule has 2 aliphatic rings. The van der Waals surface area contributed by atoms with Crippen LogP contribution in [0, 0.1) is 5.82 Å². The summed E-state index contributed by atoms with van der Waals surface area (Å²) in [5.74, 6) is -0.157. The highest BCUT2D eigenvalue weighted by atomic mass is 19.4. The molecular formula is C21H22F4N2O2. The molecule has 0 aromatic heterocycles. The van der Waals surface area contributed by atoms with E-state index >= 15 is 4.39 Å². The molecule has 4 nitrogen and oxygen atoms in total. The number of ether oxygens (including phenoxy) is 2. The number of rotatable bonds is 3. The van der Waals surface area contributed by atoms with Gasteiger partial charge in [-0.15, -0.1) is 0 Å². The summed E-state index contributed by atoms with van der Waals surface area (Å²) in [6.45, 7) is 2.69. The molecule has 2 aromatic carbocycles. The number of halogens is 4. The zero-order valence-electron chi connectivity index (χ0n) is 15.9. The molecule has 0 amide bonds. The molecule has 156 valence electrons. The summed E-state index contributed by atoms with van der Waals surface area (Å²) < 4.78 is 65.5. The van der Waals surface area contributed by atoms with E-state index in [9.17, 15) is 13.2 Å². The lowest BCUT2D eigenvalue weighted by Gasteiger charge is -2.45. The van der Waals surface area contributed by atoms with Gasteiger partial charge < -0.3 is 19.7 Å². The van der Waals surface area contributed by atoms with E-state index in [2.05, 4.69) is 10.2 Å². The first-order valence-corrected chi connectivity index (χ1v) is 9.52. The van der Waals surface area contributed by atoms with Crippen LogP contribution in [0.4, 0.5) is 23.2 Å². The van der Waals surface area contributed by atoms with Crippen LogP contribution in [0.15, 0.2) is 36.4 Å². The number of piperidine rings is 1.